The molecule has 0 fully saturated rings. The number of benzene rings is 1. The van der Waals surface area contributed by atoms with Crippen LogP contribution in [-0.4, -0.2) is 37.0 Å². The minimum Gasteiger partial charge on any atom is -0.497 e. The number of amides is 1. The van der Waals surface area contributed by atoms with Crippen LogP contribution in [0.15, 0.2) is 18.2 Å². The van der Waals surface area contributed by atoms with E-state index in [-0.39, 0.29) is 5.91 Å². The average Bonchev–Trinajstić information content (AvgIpc) is 2.69. The molecule has 0 bridgehead atoms. The zero-order valence-corrected chi connectivity index (χ0v) is 10.2. The number of ether oxygens (including phenoxy) is 1. The highest BCUT2D eigenvalue weighted by Gasteiger charge is 2.14. The monoisotopic (exact) mass is 236 g/mol. The number of hydrogen-bond acceptors (Lipinski definition) is 4. The summed E-state index contributed by atoms with van der Waals surface area (Å²) in [4.78, 5) is 17.5. The van der Waals surface area contributed by atoms with Crippen molar-refractivity contribution in [3.8, 4) is 5.75 Å². The number of carbonyl (C=O) groups is 1. The summed E-state index contributed by atoms with van der Waals surface area (Å²) in [5.41, 5.74) is 0.801. The van der Waals surface area contributed by atoms with Gasteiger partial charge in [-0.1, -0.05) is 0 Å². The van der Waals surface area contributed by atoms with E-state index in [0.29, 0.717) is 5.01 Å². The fourth-order valence-electron chi connectivity index (χ4n) is 1.32. The Morgan fingerprint density at radius 3 is 2.81 bits per heavy atom. The molecule has 0 spiro atoms. The van der Waals surface area contributed by atoms with E-state index in [2.05, 4.69) is 4.98 Å². The molecule has 0 saturated carbocycles. The molecule has 4 nitrogen and oxygen atoms in total. The van der Waals surface area contributed by atoms with Gasteiger partial charge in [-0.15, -0.1) is 11.3 Å². The zero-order chi connectivity index (χ0) is 11.7. The van der Waals surface area contributed by atoms with Gasteiger partial charge in [-0.05, 0) is 12.1 Å². The first kappa shape index (κ1) is 10.9. The van der Waals surface area contributed by atoms with Gasteiger partial charge >= 0.3 is 0 Å². The van der Waals surface area contributed by atoms with Crippen molar-refractivity contribution in [2.24, 2.45) is 0 Å². The Labute approximate surface area is 97.5 Å². The van der Waals surface area contributed by atoms with E-state index in [0.717, 1.165) is 16.0 Å². The maximum Gasteiger partial charge on any atom is 0.282 e. The molecule has 1 aromatic heterocycles. The Morgan fingerprint density at radius 2 is 2.19 bits per heavy atom. The molecule has 0 saturated heterocycles. The van der Waals surface area contributed by atoms with Gasteiger partial charge in [0.2, 0.25) is 0 Å². The minimum absolute atomic E-state index is 0.0693. The second kappa shape index (κ2) is 4.09. The van der Waals surface area contributed by atoms with Crippen molar-refractivity contribution in [2.45, 2.75) is 0 Å². The Bertz CT molecular complexity index is 534. The molecule has 0 unspecified atom stereocenters. The van der Waals surface area contributed by atoms with Crippen LogP contribution in [0.25, 0.3) is 10.2 Å². The fraction of sp³-hybridized carbons (Fsp3) is 0.273. The van der Waals surface area contributed by atoms with Crippen LogP contribution < -0.4 is 4.74 Å². The summed E-state index contributed by atoms with van der Waals surface area (Å²) < 4.78 is 6.10. The number of hydrogen-bond donors (Lipinski definition) is 0. The largest absolute Gasteiger partial charge is 0.497 e. The van der Waals surface area contributed by atoms with Gasteiger partial charge in [-0.25, -0.2) is 4.98 Å². The van der Waals surface area contributed by atoms with Gasteiger partial charge in [-0.2, -0.15) is 0 Å². The van der Waals surface area contributed by atoms with Gasteiger partial charge < -0.3 is 9.64 Å². The number of methoxy groups -OCH3 is 1. The van der Waals surface area contributed by atoms with E-state index in [1.54, 1.807) is 21.2 Å². The maximum atomic E-state index is 11.7. The Kier molecular flexibility index (Phi) is 2.78. The molecule has 0 radical (unpaired) electrons. The predicted molar refractivity (Wildman–Crippen MR) is 64.2 cm³/mol. The van der Waals surface area contributed by atoms with E-state index >= 15 is 0 Å². The third kappa shape index (κ3) is 1.86. The van der Waals surface area contributed by atoms with E-state index in [4.69, 9.17) is 4.74 Å². The van der Waals surface area contributed by atoms with Crippen molar-refractivity contribution in [1.29, 1.82) is 0 Å². The molecule has 0 atom stereocenters. The molecule has 84 valence electrons. The summed E-state index contributed by atoms with van der Waals surface area (Å²) >= 11 is 1.40. The van der Waals surface area contributed by atoms with Crippen molar-refractivity contribution in [2.75, 3.05) is 21.2 Å². The first-order valence-corrected chi connectivity index (χ1v) is 5.59. The summed E-state index contributed by atoms with van der Waals surface area (Å²) in [6.07, 6.45) is 0. The second-order valence-corrected chi connectivity index (χ2v) is 4.58. The van der Waals surface area contributed by atoms with Crippen LogP contribution in [0, 0.1) is 0 Å². The van der Waals surface area contributed by atoms with Crippen LogP contribution in [0.5, 0.6) is 5.75 Å². The number of rotatable bonds is 2. The average molecular weight is 236 g/mol. The van der Waals surface area contributed by atoms with Crippen molar-refractivity contribution >= 4 is 27.5 Å². The van der Waals surface area contributed by atoms with Crippen LogP contribution in [0.4, 0.5) is 0 Å². The van der Waals surface area contributed by atoms with E-state index in [9.17, 15) is 4.79 Å². The topological polar surface area (TPSA) is 42.4 Å². The smallest absolute Gasteiger partial charge is 0.282 e. The zero-order valence-electron chi connectivity index (χ0n) is 9.35. The van der Waals surface area contributed by atoms with Gasteiger partial charge in [-0.3, -0.25) is 4.79 Å². The van der Waals surface area contributed by atoms with Crippen LogP contribution in [0.2, 0.25) is 0 Å². The third-order valence-corrected chi connectivity index (χ3v) is 3.21. The van der Waals surface area contributed by atoms with E-state index in [1.165, 1.54) is 16.2 Å². The highest BCUT2D eigenvalue weighted by Crippen LogP contribution is 2.26. The molecule has 0 N–H and O–H groups in total. The van der Waals surface area contributed by atoms with Gasteiger partial charge in [0.15, 0.2) is 5.01 Å². The summed E-state index contributed by atoms with van der Waals surface area (Å²) in [6, 6.07) is 5.61. The van der Waals surface area contributed by atoms with Gasteiger partial charge in [0.25, 0.3) is 5.91 Å². The highest BCUT2D eigenvalue weighted by molar-refractivity contribution is 7.20. The first-order chi connectivity index (χ1) is 7.61. The number of fused-ring (bicyclic) bond motifs is 1. The van der Waals surface area contributed by atoms with Crippen molar-refractivity contribution < 1.29 is 9.53 Å². The lowest BCUT2D eigenvalue weighted by Gasteiger charge is -2.05. The van der Waals surface area contributed by atoms with E-state index in [1.807, 2.05) is 18.2 Å². The summed E-state index contributed by atoms with van der Waals surface area (Å²) in [6.45, 7) is 0. The maximum absolute atomic E-state index is 11.7. The fourth-order valence-corrected chi connectivity index (χ4v) is 2.28. The highest BCUT2D eigenvalue weighted by atomic mass is 32.1. The predicted octanol–water partition coefficient (Wildman–Crippen LogP) is 2.01. The molecule has 2 rings (SSSR count). The molecule has 1 aromatic carbocycles. The molecule has 2 aromatic rings. The molecule has 0 aliphatic heterocycles. The quantitative estimate of drug-likeness (QED) is 0.801. The number of nitrogens with zero attached hydrogens (tertiary/aromatic N) is 2. The standard InChI is InChI=1S/C11H12N2O2S/c1-13(2)11(14)10-12-8-6-7(15-3)4-5-9(8)16-10/h4-6H,1-3H3. The van der Waals surface area contributed by atoms with Crippen LogP contribution >= 0.6 is 11.3 Å². The molecule has 5 heteroatoms. The lowest BCUT2D eigenvalue weighted by Crippen LogP contribution is -2.21. The minimum atomic E-state index is -0.0693. The van der Waals surface area contributed by atoms with E-state index < -0.39 is 0 Å². The number of carbonyl (C=O) groups excluding carboxylic acids is 1. The van der Waals surface area contributed by atoms with Crippen LogP contribution in [0.3, 0.4) is 0 Å². The van der Waals surface area contributed by atoms with Crippen molar-refractivity contribution in [1.82, 2.24) is 9.88 Å². The lowest BCUT2D eigenvalue weighted by molar-refractivity contribution is 0.0827. The Morgan fingerprint density at radius 1 is 1.44 bits per heavy atom. The van der Waals surface area contributed by atoms with Crippen LogP contribution in [0.1, 0.15) is 9.80 Å². The molecule has 0 aliphatic rings. The molecule has 1 amide bonds. The second-order valence-electron chi connectivity index (χ2n) is 3.55. The molecule has 16 heavy (non-hydrogen) atoms. The van der Waals surface area contributed by atoms with Crippen molar-refractivity contribution in [3.05, 3.63) is 23.2 Å². The Hall–Kier alpha value is -1.62. The normalized spacial score (nSPS) is 10.4. The van der Waals surface area contributed by atoms with Gasteiger partial charge in [0.05, 0.1) is 17.3 Å². The molecule has 0 aliphatic carbocycles. The lowest BCUT2D eigenvalue weighted by atomic mass is 10.3. The third-order valence-electron chi connectivity index (χ3n) is 2.18. The Balaban J connectivity index is 2.47. The van der Waals surface area contributed by atoms with Gasteiger partial charge in [0, 0.05) is 20.2 Å². The first-order valence-electron chi connectivity index (χ1n) is 4.78. The summed E-state index contributed by atoms with van der Waals surface area (Å²) in [7, 11) is 5.05. The number of aromatic nitrogens is 1. The summed E-state index contributed by atoms with van der Waals surface area (Å²) in [5.74, 6) is 0.682. The van der Waals surface area contributed by atoms with Crippen LogP contribution in [-0.2, 0) is 0 Å². The molecular weight excluding hydrogens is 224 g/mol. The summed E-state index contributed by atoms with van der Waals surface area (Å²) in [5, 5.41) is 0.508. The molecule has 1 heterocycles. The SMILES string of the molecule is COc1ccc2sc(C(=O)N(C)C)nc2c1. The number of thiazole rings is 1. The van der Waals surface area contributed by atoms with Gasteiger partial charge in [0.1, 0.15) is 5.75 Å². The van der Waals surface area contributed by atoms with Crippen molar-refractivity contribution in [3.63, 3.8) is 0 Å². The molecular formula is C11H12N2O2S.